The van der Waals surface area contributed by atoms with E-state index in [0.717, 1.165) is 4.90 Å². The standard InChI is InChI=1S/C20H20F2N4O4S/c1-3-24-19-9-25-18-6-12(30-2)4-5-14(18)20(19)26(11-27)10-15-16(21)7-13(8-17(15)22)31(23,28)29/h4-9,11,24H,3,10H2,1-2H3,(H2,23,28,29). The Morgan fingerprint density at radius 2 is 1.90 bits per heavy atom. The van der Waals surface area contributed by atoms with Gasteiger partial charge in [0, 0.05) is 23.6 Å². The number of nitrogens with two attached hydrogens (primary N) is 1. The molecule has 0 aliphatic carbocycles. The minimum Gasteiger partial charge on any atom is -0.497 e. The van der Waals surface area contributed by atoms with Gasteiger partial charge >= 0.3 is 0 Å². The number of hydrogen-bond donors (Lipinski definition) is 2. The molecule has 3 aromatic rings. The average Bonchev–Trinajstić information content (AvgIpc) is 2.73. The van der Waals surface area contributed by atoms with Crippen LogP contribution in [-0.4, -0.2) is 33.5 Å². The van der Waals surface area contributed by atoms with Crippen molar-refractivity contribution in [1.82, 2.24) is 4.98 Å². The average molecular weight is 450 g/mol. The molecule has 2 aromatic carbocycles. The van der Waals surface area contributed by atoms with Crippen molar-refractivity contribution in [3.8, 4) is 5.75 Å². The van der Waals surface area contributed by atoms with Crippen LogP contribution in [0.15, 0.2) is 41.4 Å². The summed E-state index contributed by atoms with van der Waals surface area (Å²) >= 11 is 0. The molecule has 0 unspecified atom stereocenters. The van der Waals surface area contributed by atoms with E-state index in [-0.39, 0.29) is 0 Å². The molecule has 3 rings (SSSR count). The number of hydrogen-bond acceptors (Lipinski definition) is 6. The van der Waals surface area contributed by atoms with Gasteiger partial charge in [0.2, 0.25) is 16.4 Å². The van der Waals surface area contributed by atoms with Crippen molar-refractivity contribution in [1.29, 1.82) is 0 Å². The number of amides is 1. The Labute approximate surface area is 177 Å². The summed E-state index contributed by atoms with van der Waals surface area (Å²) in [5.74, 6) is -1.72. The van der Waals surface area contributed by atoms with E-state index in [2.05, 4.69) is 10.3 Å². The van der Waals surface area contributed by atoms with Crippen LogP contribution in [0.3, 0.4) is 0 Å². The third kappa shape index (κ3) is 4.57. The first-order valence-electron chi connectivity index (χ1n) is 9.12. The molecule has 0 aliphatic rings. The van der Waals surface area contributed by atoms with Crippen molar-refractivity contribution in [2.45, 2.75) is 18.4 Å². The van der Waals surface area contributed by atoms with Gasteiger partial charge in [-0.15, -0.1) is 0 Å². The lowest BCUT2D eigenvalue weighted by atomic mass is 10.1. The van der Waals surface area contributed by atoms with E-state index in [1.165, 1.54) is 13.3 Å². The number of ether oxygens (including phenoxy) is 1. The zero-order chi connectivity index (χ0) is 22.8. The van der Waals surface area contributed by atoms with Crippen LogP contribution in [0.5, 0.6) is 5.75 Å². The molecule has 1 aromatic heterocycles. The second-order valence-electron chi connectivity index (χ2n) is 6.58. The Kier molecular flexibility index (Phi) is 6.37. The van der Waals surface area contributed by atoms with Crippen LogP contribution in [0.25, 0.3) is 10.9 Å². The van der Waals surface area contributed by atoms with Crippen LogP contribution in [0.4, 0.5) is 20.2 Å². The van der Waals surface area contributed by atoms with Gasteiger partial charge in [-0.1, -0.05) is 0 Å². The molecule has 1 heterocycles. The lowest BCUT2D eigenvalue weighted by Gasteiger charge is -2.23. The largest absolute Gasteiger partial charge is 0.497 e. The Balaban J connectivity index is 2.14. The number of carbonyl (C=O) groups excluding carboxylic acids is 1. The van der Waals surface area contributed by atoms with E-state index >= 15 is 0 Å². The Bertz CT molecular complexity index is 1230. The number of carbonyl (C=O) groups is 1. The quantitative estimate of drug-likeness (QED) is 0.510. The fraction of sp³-hybridized carbons (Fsp3) is 0.200. The highest BCUT2D eigenvalue weighted by Crippen LogP contribution is 2.35. The van der Waals surface area contributed by atoms with Crippen molar-refractivity contribution in [2.75, 3.05) is 23.9 Å². The molecule has 0 spiro atoms. The minimum atomic E-state index is -4.29. The Morgan fingerprint density at radius 1 is 1.23 bits per heavy atom. The predicted octanol–water partition coefficient (Wildman–Crippen LogP) is 2.76. The minimum absolute atomic E-state index is 0.360. The molecule has 1 amide bonds. The normalized spacial score (nSPS) is 11.4. The van der Waals surface area contributed by atoms with Gasteiger partial charge in [-0.2, -0.15) is 0 Å². The third-order valence-corrected chi connectivity index (χ3v) is 5.49. The van der Waals surface area contributed by atoms with Crippen LogP contribution < -0.4 is 20.1 Å². The summed E-state index contributed by atoms with van der Waals surface area (Å²) in [4.78, 5) is 16.7. The molecule has 0 saturated carbocycles. The van der Waals surface area contributed by atoms with Crippen molar-refractivity contribution in [3.63, 3.8) is 0 Å². The summed E-state index contributed by atoms with van der Waals surface area (Å²) < 4.78 is 57.2. The van der Waals surface area contributed by atoms with Gasteiger partial charge in [-0.05, 0) is 31.2 Å². The van der Waals surface area contributed by atoms with Gasteiger partial charge in [0.25, 0.3) is 0 Å². The summed E-state index contributed by atoms with van der Waals surface area (Å²) in [5, 5.41) is 8.58. The van der Waals surface area contributed by atoms with E-state index in [0.29, 0.717) is 53.1 Å². The highest BCUT2D eigenvalue weighted by molar-refractivity contribution is 7.89. The first kappa shape index (κ1) is 22.4. The highest BCUT2D eigenvalue weighted by Gasteiger charge is 2.22. The van der Waals surface area contributed by atoms with E-state index in [4.69, 9.17) is 9.88 Å². The fourth-order valence-electron chi connectivity index (χ4n) is 3.15. The van der Waals surface area contributed by atoms with Gasteiger partial charge in [-0.3, -0.25) is 9.78 Å². The predicted molar refractivity (Wildman–Crippen MR) is 112 cm³/mol. The maximum Gasteiger partial charge on any atom is 0.238 e. The number of methoxy groups -OCH3 is 1. The second-order valence-corrected chi connectivity index (χ2v) is 8.14. The molecule has 0 bridgehead atoms. The van der Waals surface area contributed by atoms with Crippen LogP contribution in [0, 0.1) is 11.6 Å². The lowest BCUT2D eigenvalue weighted by Crippen LogP contribution is -2.24. The Hall–Kier alpha value is -3.31. The maximum atomic E-state index is 14.6. The molecule has 31 heavy (non-hydrogen) atoms. The topological polar surface area (TPSA) is 115 Å². The number of benzene rings is 2. The third-order valence-electron chi connectivity index (χ3n) is 4.60. The monoisotopic (exact) mass is 450 g/mol. The zero-order valence-electron chi connectivity index (χ0n) is 16.7. The molecule has 8 nitrogen and oxygen atoms in total. The molecule has 0 fully saturated rings. The molecule has 11 heteroatoms. The molecular formula is C20H20F2N4O4S. The number of anilines is 2. The number of rotatable bonds is 8. The molecule has 164 valence electrons. The van der Waals surface area contributed by atoms with Crippen molar-refractivity contribution < 1.29 is 26.7 Å². The van der Waals surface area contributed by atoms with Crippen molar-refractivity contribution in [2.24, 2.45) is 5.14 Å². The highest BCUT2D eigenvalue weighted by atomic mass is 32.2. The second kappa shape index (κ2) is 8.82. The fourth-order valence-corrected chi connectivity index (χ4v) is 3.68. The van der Waals surface area contributed by atoms with Crippen LogP contribution in [-0.2, 0) is 21.4 Å². The van der Waals surface area contributed by atoms with E-state index in [9.17, 15) is 22.0 Å². The van der Waals surface area contributed by atoms with E-state index < -0.39 is 38.7 Å². The zero-order valence-corrected chi connectivity index (χ0v) is 17.5. The number of fused-ring (bicyclic) bond motifs is 1. The first-order chi connectivity index (χ1) is 14.7. The molecule has 3 N–H and O–H groups in total. The van der Waals surface area contributed by atoms with Gasteiger partial charge in [0.15, 0.2) is 0 Å². The lowest BCUT2D eigenvalue weighted by molar-refractivity contribution is -0.107. The molecule has 0 atom stereocenters. The number of aromatic nitrogens is 1. The van der Waals surface area contributed by atoms with Gasteiger partial charge < -0.3 is 15.0 Å². The first-order valence-corrected chi connectivity index (χ1v) is 10.7. The van der Waals surface area contributed by atoms with E-state index in [1.807, 2.05) is 6.92 Å². The van der Waals surface area contributed by atoms with Crippen molar-refractivity contribution >= 4 is 38.7 Å². The number of sulfonamides is 1. The maximum absolute atomic E-state index is 14.6. The number of primary sulfonamides is 1. The Morgan fingerprint density at radius 3 is 2.45 bits per heavy atom. The van der Waals surface area contributed by atoms with Gasteiger partial charge in [0.1, 0.15) is 17.4 Å². The van der Waals surface area contributed by atoms with Gasteiger partial charge in [0.05, 0.1) is 41.6 Å². The van der Waals surface area contributed by atoms with Gasteiger partial charge in [-0.25, -0.2) is 22.3 Å². The molecule has 0 aliphatic heterocycles. The van der Waals surface area contributed by atoms with E-state index in [1.54, 1.807) is 18.2 Å². The van der Waals surface area contributed by atoms with Crippen LogP contribution in [0.1, 0.15) is 12.5 Å². The summed E-state index contributed by atoms with van der Waals surface area (Å²) in [5.41, 5.74) is 0.863. The summed E-state index contributed by atoms with van der Waals surface area (Å²) in [6, 6.07) is 6.27. The number of nitrogens with one attached hydrogen (secondary N) is 1. The molecular weight excluding hydrogens is 430 g/mol. The number of halogens is 2. The number of pyridine rings is 1. The smallest absolute Gasteiger partial charge is 0.238 e. The van der Waals surface area contributed by atoms with Crippen LogP contribution >= 0.6 is 0 Å². The molecule has 0 saturated heterocycles. The summed E-state index contributed by atoms with van der Waals surface area (Å²) in [6.07, 6.45) is 1.94. The number of nitrogens with zero attached hydrogens (tertiary/aromatic N) is 2. The summed E-state index contributed by atoms with van der Waals surface area (Å²) in [6.45, 7) is 1.86. The van der Waals surface area contributed by atoms with Crippen LogP contribution in [0.2, 0.25) is 0 Å². The SMILES string of the molecule is CCNc1cnc2cc(OC)ccc2c1N(C=O)Cc1c(F)cc(S(N)(=O)=O)cc1F. The summed E-state index contributed by atoms with van der Waals surface area (Å²) in [7, 11) is -2.79. The van der Waals surface area contributed by atoms with Crippen molar-refractivity contribution in [3.05, 3.63) is 53.7 Å². The molecule has 0 radical (unpaired) electrons.